The van der Waals surface area contributed by atoms with Gasteiger partial charge >= 0.3 is 0 Å². The molecule has 96 valence electrons. The average molecular weight is 245 g/mol. The molecule has 0 saturated heterocycles. The molecular weight excluding hydrogens is 222 g/mol. The van der Waals surface area contributed by atoms with Gasteiger partial charge in [0.15, 0.2) is 0 Å². The van der Waals surface area contributed by atoms with Crippen LogP contribution in [0.5, 0.6) is 0 Å². The minimum Gasteiger partial charge on any atom is -0.373 e. The number of nitrogens with zero attached hydrogens (tertiary/aromatic N) is 1. The summed E-state index contributed by atoms with van der Waals surface area (Å²) >= 11 is 0. The van der Waals surface area contributed by atoms with Gasteiger partial charge in [-0.15, -0.1) is 0 Å². The van der Waals surface area contributed by atoms with E-state index in [1.165, 1.54) is 0 Å². The molecule has 1 aliphatic heterocycles. The number of para-hydroxylation sites is 1. The third-order valence-corrected chi connectivity index (χ3v) is 4.44. The molecule has 1 aliphatic carbocycles. The summed E-state index contributed by atoms with van der Waals surface area (Å²) in [6.45, 7) is 2.45. The number of carbonyl (C=O) groups is 1. The molecule has 1 heterocycles. The number of fused-ring (bicyclic) bond motifs is 2. The monoisotopic (exact) mass is 245 g/mol. The number of anilines is 1. The molecule has 0 radical (unpaired) electrons. The average Bonchev–Trinajstić information content (AvgIpc) is 2.54. The fourth-order valence-corrected chi connectivity index (χ4v) is 3.54. The molecule has 2 heteroatoms. The first-order valence-corrected chi connectivity index (χ1v) is 6.59. The number of likely N-dealkylation sites (N-methyl/N-ethyl adjacent to an activating group) is 1. The molecule has 0 N–H and O–H groups in total. The van der Waals surface area contributed by atoms with E-state index < -0.39 is 17.3 Å². The molecular formula is C16H21NO. The number of rotatable bonds is 0. The van der Waals surface area contributed by atoms with Gasteiger partial charge in [-0.25, -0.2) is 0 Å². The van der Waals surface area contributed by atoms with Gasteiger partial charge in [-0.3, -0.25) is 4.79 Å². The van der Waals surface area contributed by atoms with Crippen LogP contribution in [0.1, 0.15) is 41.4 Å². The Kier molecular flexibility index (Phi) is 1.92. The fourth-order valence-electron chi connectivity index (χ4n) is 3.54. The first kappa shape index (κ1) is 9.60. The summed E-state index contributed by atoms with van der Waals surface area (Å²) in [5.74, 6) is 0.256. The lowest BCUT2D eigenvalue weighted by atomic mass is 9.61. The first-order chi connectivity index (χ1) is 9.22. The number of hydrogen-bond donors (Lipinski definition) is 0. The van der Waals surface area contributed by atoms with Crippen LogP contribution in [0.25, 0.3) is 0 Å². The summed E-state index contributed by atoms with van der Waals surface area (Å²) in [5.41, 5.74) is 0.996. The van der Waals surface area contributed by atoms with Crippen molar-refractivity contribution in [2.75, 3.05) is 18.4 Å². The van der Waals surface area contributed by atoms with Gasteiger partial charge in [0.05, 0.1) is 2.74 Å². The van der Waals surface area contributed by atoms with E-state index in [9.17, 15) is 4.79 Å². The Labute approximate surface area is 112 Å². The van der Waals surface area contributed by atoms with Gasteiger partial charge in [0.2, 0.25) is 0 Å². The Morgan fingerprint density at radius 2 is 2.06 bits per heavy atom. The summed E-state index contributed by atoms with van der Waals surface area (Å²) in [5, 5.41) is 0. The topological polar surface area (TPSA) is 20.3 Å². The molecule has 1 fully saturated rings. The van der Waals surface area contributed by atoms with Crippen molar-refractivity contribution in [1.29, 1.82) is 0 Å². The van der Waals surface area contributed by atoms with Gasteiger partial charge in [-0.1, -0.05) is 32.0 Å². The Bertz CT molecular complexity index is 582. The summed E-state index contributed by atoms with van der Waals surface area (Å²) in [4.78, 5) is 13.9. The number of Topliss-reactive ketones (excluding diaryl/α,β-unsaturated/α-hetero) is 1. The zero-order valence-electron chi connectivity index (χ0n) is 13.3. The van der Waals surface area contributed by atoms with E-state index in [0.717, 1.165) is 11.3 Å². The largest absolute Gasteiger partial charge is 0.373 e. The minimum atomic E-state index is -1.45. The summed E-state index contributed by atoms with van der Waals surface area (Å²) in [6.07, 6.45) is 1.64. The second-order valence-electron chi connectivity index (χ2n) is 6.25. The van der Waals surface area contributed by atoms with E-state index in [0.29, 0.717) is 19.3 Å². The Morgan fingerprint density at radius 1 is 1.33 bits per heavy atom. The van der Waals surface area contributed by atoms with Crippen molar-refractivity contribution >= 4 is 11.5 Å². The molecule has 0 aromatic heterocycles. The minimum absolute atomic E-state index is 0.256. The third kappa shape index (κ3) is 1.51. The van der Waals surface area contributed by atoms with Gasteiger partial charge < -0.3 is 4.90 Å². The molecule has 1 aromatic carbocycles. The van der Waals surface area contributed by atoms with Gasteiger partial charge in [0.1, 0.15) is 5.78 Å². The smallest absolute Gasteiger partial charge is 0.138 e. The van der Waals surface area contributed by atoms with Crippen LogP contribution in [-0.2, 0) is 10.2 Å². The van der Waals surface area contributed by atoms with E-state index in [4.69, 9.17) is 2.74 Å². The predicted octanol–water partition coefficient (Wildman–Crippen LogP) is 3.15. The van der Waals surface area contributed by atoms with Crippen LogP contribution in [0.3, 0.4) is 0 Å². The molecule has 1 atom stereocenters. The highest BCUT2D eigenvalue weighted by atomic mass is 16.1. The van der Waals surface area contributed by atoms with Gasteiger partial charge in [0.25, 0.3) is 0 Å². The Hall–Kier alpha value is -1.31. The second kappa shape index (κ2) is 3.59. The van der Waals surface area contributed by atoms with Crippen LogP contribution in [0.15, 0.2) is 24.3 Å². The fraction of sp³-hybridized carbons (Fsp3) is 0.562. The van der Waals surface area contributed by atoms with E-state index in [1.807, 2.05) is 45.2 Å². The maximum Gasteiger partial charge on any atom is 0.138 e. The lowest BCUT2D eigenvalue weighted by Gasteiger charge is -2.42. The highest BCUT2D eigenvalue weighted by molar-refractivity contribution is 5.86. The van der Waals surface area contributed by atoms with Crippen molar-refractivity contribution in [3.05, 3.63) is 29.8 Å². The van der Waals surface area contributed by atoms with Crippen LogP contribution >= 0.6 is 0 Å². The van der Waals surface area contributed by atoms with Crippen LogP contribution in [-0.4, -0.2) is 19.3 Å². The molecule has 18 heavy (non-hydrogen) atoms. The van der Waals surface area contributed by atoms with E-state index >= 15 is 0 Å². The molecule has 3 rings (SSSR count). The standard InChI is InChI=1S/C16H21NO/c1-15(2)10-16(9-8-14(15)18)11-17(3)13-7-5-4-6-12(13)16/h4-7H,8-11H2,1-3H3/i11D2. The van der Waals surface area contributed by atoms with Crippen LogP contribution in [0.2, 0.25) is 0 Å². The summed E-state index contributed by atoms with van der Waals surface area (Å²) in [7, 11) is 1.82. The predicted molar refractivity (Wildman–Crippen MR) is 74.0 cm³/mol. The molecule has 1 aromatic rings. The molecule has 1 unspecified atom stereocenters. The van der Waals surface area contributed by atoms with Crippen molar-refractivity contribution in [2.45, 2.75) is 38.5 Å². The number of hydrogen-bond acceptors (Lipinski definition) is 2. The van der Waals surface area contributed by atoms with Crippen molar-refractivity contribution in [3.63, 3.8) is 0 Å². The Morgan fingerprint density at radius 3 is 2.78 bits per heavy atom. The van der Waals surface area contributed by atoms with Gasteiger partial charge in [-0.05, 0) is 24.5 Å². The van der Waals surface area contributed by atoms with Crippen molar-refractivity contribution in [1.82, 2.24) is 0 Å². The summed E-state index contributed by atoms with van der Waals surface area (Å²) < 4.78 is 17.3. The number of benzene rings is 1. The molecule has 0 bridgehead atoms. The molecule has 2 nitrogen and oxygen atoms in total. The number of carbonyl (C=O) groups excluding carboxylic acids is 1. The normalized spacial score (nSPS) is 34.2. The quantitative estimate of drug-likeness (QED) is 0.700. The van der Waals surface area contributed by atoms with Crippen LogP contribution in [0.4, 0.5) is 5.69 Å². The highest BCUT2D eigenvalue weighted by Crippen LogP contribution is 2.52. The first-order valence-electron chi connectivity index (χ1n) is 7.59. The molecule has 1 spiro atoms. The zero-order chi connectivity index (χ0) is 14.8. The van der Waals surface area contributed by atoms with Crippen molar-refractivity contribution in [2.24, 2.45) is 5.41 Å². The van der Waals surface area contributed by atoms with E-state index in [-0.39, 0.29) is 5.78 Å². The van der Waals surface area contributed by atoms with E-state index in [2.05, 4.69) is 0 Å². The molecule has 2 aliphatic rings. The highest BCUT2D eigenvalue weighted by Gasteiger charge is 2.49. The number of ketones is 1. The maximum atomic E-state index is 12.1. The third-order valence-electron chi connectivity index (χ3n) is 4.44. The van der Waals surface area contributed by atoms with Gasteiger partial charge in [0, 0.05) is 36.5 Å². The Balaban J connectivity index is 2.19. The molecule has 1 saturated carbocycles. The second-order valence-corrected chi connectivity index (χ2v) is 6.25. The van der Waals surface area contributed by atoms with Crippen molar-refractivity contribution in [3.8, 4) is 0 Å². The lowest BCUT2D eigenvalue weighted by Crippen LogP contribution is -2.44. The lowest BCUT2D eigenvalue weighted by molar-refractivity contribution is -0.131. The SMILES string of the molecule is [2H]C1([2H])N(C)c2ccccc2C12CCC(=O)C(C)(C)C2. The van der Waals surface area contributed by atoms with Crippen LogP contribution < -0.4 is 4.90 Å². The maximum absolute atomic E-state index is 12.1. The van der Waals surface area contributed by atoms with Crippen LogP contribution in [0, 0.1) is 5.41 Å². The molecule has 0 amide bonds. The van der Waals surface area contributed by atoms with E-state index in [1.54, 1.807) is 4.90 Å². The van der Waals surface area contributed by atoms with Crippen molar-refractivity contribution < 1.29 is 7.54 Å². The summed E-state index contributed by atoms with van der Waals surface area (Å²) in [6, 6.07) is 7.93. The van der Waals surface area contributed by atoms with Gasteiger partial charge in [-0.2, -0.15) is 0 Å². The zero-order valence-corrected chi connectivity index (χ0v) is 11.3.